The minimum atomic E-state index is -3.64. The van der Waals surface area contributed by atoms with E-state index in [1.807, 2.05) is 6.92 Å². The van der Waals surface area contributed by atoms with Gasteiger partial charge in [0.1, 0.15) is 0 Å². The van der Waals surface area contributed by atoms with Crippen molar-refractivity contribution >= 4 is 9.84 Å². The lowest BCUT2D eigenvalue weighted by Crippen LogP contribution is -2.20. The molecule has 6 heteroatoms. The van der Waals surface area contributed by atoms with Gasteiger partial charge in [-0.1, -0.05) is 23.8 Å². The fraction of sp³-hybridized carbons (Fsp3) is 0.267. The Kier molecular flexibility index (Phi) is 5.06. The van der Waals surface area contributed by atoms with Gasteiger partial charge in [0.25, 0.3) is 0 Å². The van der Waals surface area contributed by atoms with E-state index in [2.05, 4.69) is 10.3 Å². The Hall–Kier alpha value is -1.76. The molecule has 2 N–H and O–H groups in total. The SMILES string of the molecule is Cc1ccc(S(=O)(=O)c2ncccc2CNCCO)cc1. The molecule has 112 valence electrons. The molecule has 0 saturated carbocycles. The van der Waals surface area contributed by atoms with Crippen molar-refractivity contribution in [3.63, 3.8) is 0 Å². The van der Waals surface area contributed by atoms with Crippen molar-refractivity contribution in [3.8, 4) is 0 Å². The molecule has 0 radical (unpaired) electrons. The van der Waals surface area contributed by atoms with Crippen molar-refractivity contribution in [2.24, 2.45) is 0 Å². The average molecular weight is 306 g/mol. The maximum atomic E-state index is 12.7. The van der Waals surface area contributed by atoms with Crippen LogP contribution in [0, 0.1) is 6.92 Å². The smallest absolute Gasteiger partial charge is 0.224 e. The molecule has 0 fully saturated rings. The second-order valence-electron chi connectivity index (χ2n) is 4.68. The van der Waals surface area contributed by atoms with Crippen LogP contribution in [0.1, 0.15) is 11.1 Å². The Bertz CT molecular complexity index is 697. The summed E-state index contributed by atoms with van der Waals surface area (Å²) in [4.78, 5) is 4.27. The van der Waals surface area contributed by atoms with Gasteiger partial charge in [-0.25, -0.2) is 13.4 Å². The Labute approximate surface area is 124 Å². The van der Waals surface area contributed by atoms with Crippen LogP contribution in [0.3, 0.4) is 0 Å². The summed E-state index contributed by atoms with van der Waals surface area (Å²) in [6.07, 6.45) is 1.47. The maximum absolute atomic E-state index is 12.7. The number of nitrogens with one attached hydrogen (secondary N) is 1. The highest BCUT2D eigenvalue weighted by Gasteiger charge is 2.22. The summed E-state index contributed by atoms with van der Waals surface area (Å²) in [7, 11) is -3.64. The fourth-order valence-corrected chi connectivity index (χ4v) is 3.33. The minimum Gasteiger partial charge on any atom is -0.395 e. The quantitative estimate of drug-likeness (QED) is 0.787. The van der Waals surface area contributed by atoms with Crippen molar-refractivity contribution in [2.75, 3.05) is 13.2 Å². The predicted octanol–water partition coefficient (Wildman–Crippen LogP) is 1.30. The van der Waals surface area contributed by atoms with Gasteiger partial charge in [-0.05, 0) is 25.1 Å². The molecule has 5 nitrogen and oxygen atoms in total. The highest BCUT2D eigenvalue weighted by atomic mass is 32.2. The van der Waals surface area contributed by atoms with E-state index in [9.17, 15) is 8.42 Å². The van der Waals surface area contributed by atoms with E-state index >= 15 is 0 Å². The van der Waals surface area contributed by atoms with Crippen molar-refractivity contribution in [2.45, 2.75) is 23.4 Å². The molecule has 21 heavy (non-hydrogen) atoms. The normalized spacial score (nSPS) is 11.5. The number of aliphatic hydroxyl groups excluding tert-OH is 1. The maximum Gasteiger partial charge on any atom is 0.224 e. The summed E-state index contributed by atoms with van der Waals surface area (Å²) < 4.78 is 25.3. The second kappa shape index (κ2) is 6.80. The number of aliphatic hydroxyl groups is 1. The largest absolute Gasteiger partial charge is 0.395 e. The first kappa shape index (κ1) is 15.6. The lowest BCUT2D eigenvalue weighted by Gasteiger charge is -2.10. The van der Waals surface area contributed by atoms with Crippen LogP contribution in [0.4, 0.5) is 0 Å². The van der Waals surface area contributed by atoms with Gasteiger partial charge in [-0.3, -0.25) is 0 Å². The minimum absolute atomic E-state index is 0.000305. The molecule has 0 aliphatic carbocycles. The predicted molar refractivity (Wildman–Crippen MR) is 79.7 cm³/mol. The molecule has 2 rings (SSSR count). The van der Waals surface area contributed by atoms with Crippen LogP contribution in [0.2, 0.25) is 0 Å². The zero-order valence-electron chi connectivity index (χ0n) is 11.8. The van der Waals surface area contributed by atoms with Gasteiger partial charge in [0, 0.05) is 24.8 Å². The van der Waals surface area contributed by atoms with Gasteiger partial charge in [0.15, 0.2) is 5.03 Å². The van der Waals surface area contributed by atoms with E-state index < -0.39 is 9.84 Å². The third-order valence-electron chi connectivity index (χ3n) is 3.04. The van der Waals surface area contributed by atoms with Crippen LogP contribution in [0.5, 0.6) is 0 Å². The van der Waals surface area contributed by atoms with Gasteiger partial charge in [0.2, 0.25) is 9.84 Å². The Balaban J connectivity index is 2.38. The van der Waals surface area contributed by atoms with Crippen LogP contribution in [0.15, 0.2) is 52.5 Å². The molecule has 1 heterocycles. The highest BCUT2D eigenvalue weighted by Crippen LogP contribution is 2.22. The number of hydrogen-bond acceptors (Lipinski definition) is 5. The number of sulfone groups is 1. The molecular weight excluding hydrogens is 288 g/mol. The fourth-order valence-electron chi connectivity index (χ4n) is 1.93. The molecule has 0 bridgehead atoms. The zero-order chi connectivity index (χ0) is 15.3. The number of hydrogen-bond donors (Lipinski definition) is 2. The monoisotopic (exact) mass is 306 g/mol. The van der Waals surface area contributed by atoms with Crippen LogP contribution in [-0.2, 0) is 16.4 Å². The number of pyridine rings is 1. The number of aryl methyl sites for hydroxylation is 1. The summed E-state index contributed by atoms with van der Waals surface area (Å²) in [5.74, 6) is 0. The summed E-state index contributed by atoms with van der Waals surface area (Å²) in [5, 5.41) is 11.8. The van der Waals surface area contributed by atoms with Crippen molar-refractivity contribution < 1.29 is 13.5 Å². The lowest BCUT2D eigenvalue weighted by molar-refractivity contribution is 0.291. The summed E-state index contributed by atoms with van der Waals surface area (Å²) >= 11 is 0. The zero-order valence-corrected chi connectivity index (χ0v) is 12.6. The molecule has 1 aromatic heterocycles. The molecular formula is C15H18N2O3S. The lowest BCUT2D eigenvalue weighted by atomic mass is 10.2. The molecule has 2 aromatic rings. The highest BCUT2D eigenvalue weighted by molar-refractivity contribution is 7.91. The number of aromatic nitrogens is 1. The van der Waals surface area contributed by atoms with E-state index in [0.717, 1.165) is 5.56 Å². The molecule has 0 unspecified atom stereocenters. The van der Waals surface area contributed by atoms with E-state index in [0.29, 0.717) is 18.7 Å². The van der Waals surface area contributed by atoms with E-state index in [1.54, 1.807) is 36.4 Å². The molecule has 1 aromatic carbocycles. The summed E-state index contributed by atoms with van der Waals surface area (Å²) in [5.41, 5.74) is 1.59. The Morgan fingerprint density at radius 1 is 1.19 bits per heavy atom. The Morgan fingerprint density at radius 3 is 2.57 bits per heavy atom. The van der Waals surface area contributed by atoms with Gasteiger partial charge < -0.3 is 10.4 Å². The first-order valence-corrected chi connectivity index (χ1v) is 8.11. The third-order valence-corrected chi connectivity index (χ3v) is 4.81. The Morgan fingerprint density at radius 2 is 1.90 bits per heavy atom. The summed E-state index contributed by atoms with van der Waals surface area (Å²) in [6, 6.07) is 10.1. The van der Waals surface area contributed by atoms with E-state index in [-0.39, 0.29) is 16.5 Å². The molecule has 0 spiro atoms. The van der Waals surface area contributed by atoms with Crippen LogP contribution >= 0.6 is 0 Å². The van der Waals surface area contributed by atoms with Crippen LogP contribution < -0.4 is 5.32 Å². The van der Waals surface area contributed by atoms with Gasteiger partial charge in [-0.15, -0.1) is 0 Å². The number of nitrogens with zero attached hydrogens (tertiary/aromatic N) is 1. The first-order chi connectivity index (χ1) is 10.1. The van der Waals surface area contributed by atoms with Crippen LogP contribution in [-0.4, -0.2) is 31.7 Å². The van der Waals surface area contributed by atoms with Crippen LogP contribution in [0.25, 0.3) is 0 Å². The molecule has 0 atom stereocenters. The number of benzene rings is 1. The standard InChI is InChI=1S/C15H18N2O3S/c1-12-4-6-14(7-5-12)21(19,20)15-13(3-2-8-17-15)11-16-9-10-18/h2-8,16,18H,9-11H2,1H3. The topological polar surface area (TPSA) is 79.3 Å². The molecule has 0 amide bonds. The van der Waals surface area contributed by atoms with E-state index in [4.69, 9.17) is 5.11 Å². The molecule has 0 saturated heterocycles. The molecule has 0 aliphatic rings. The van der Waals surface area contributed by atoms with Gasteiger partial charge in [0.05, 0.1) is 11.5 Å². The summed E-state index contributed by atoms with van der Waals surface area (Å²) in [6.45, 7) is 2.65. The van der Waals surface area contributed by atoms with Crippen molar-refractivity contribution in [1.82, 2.24) is 10.3 Å². The first-order valence-electron chi connectivity index (χ1n) is 6.63. The molecule has 0 aliphatic heterocycles. The average Bonchev–Trinajstić information content (AvgIpc) is 2.48. The number of rotatable bonds is 6. The van der Waals surface area contributed by atoms with Crippen molar-refractivity contribution in [1.29, 1.82) is 0 Å². The van der Waals surface area contributed by atoms with Crippen molar-refractivity contribution in [3.05, 3.63) is 53.7 Å². The second-order valence-corrected chi connectivity index (χ2v) is 6.55. The third kappa shape index (κ3) is 3.66. The van der Waals surface area contributed by atoms with E-state index in [1.165, 1.54) is 6.20 Å². The van der Waals surface area contributed by atoms with Gasteiger partial charge >= 0.3 is 0 Å². The van der Waals surface area contributed by atoms with Gasteiger partial charge in [-0.2, -0.15) is 0 Å².